The third-order valence-corrected chi connectivity index (χ3v) is 7.96. The summed E-state index contributed by atoms with van der Waals surface area (Å²) in [6, 6.07) is 8.35. The number of rotatable bonds is 4. The first-order valence-corrected chi connectivity index (χ1v) is 11.5. The molecule has 6 N–H and O–H groups in total. The predicted octanol–water partition coefficient (Wildman–Crippen LogP) is 6.41. The molecule has 0 radical (unpaired) electrons. The molecule has 3 rings (SSSR count). The Balaban J connectivity index is 0.00000243. The summed E-state index contributed by atoms with van der Waals surface area (Å²) >= 11 is 11.6. The van der Waals surface area contributed by atoms with E-state index < -0.39 is 0 Å². The van der Waals surface area contributed by atoms with Gasteiger partial charge in [-0.25, -0.2) is 0 Å². The Labute approximate surface area is 190 Å². The van der Waals surface area contributed by atoms with Gasteiger partial charge in [0.25, 0.3) is 0 Å². The second kappa shape index (κ2) is 9.29. The molecule has 10 heteroatoms. The first-order valence-electron chi connectivity index (χ1n) is 7.13. The van der Waals surface area contributed by atoms with Crippen LogP contribution in [0.2, 0.25) is 0 Å². The van der Waals surface area contributed by atoms with E-state index in [-0.39, 0.29) is 27.3 Å². The minimum absolute atomic E-state index is 0. The number of amidine groups is 2. The zero-order valence-electron chi connectivity index (χ0n) is 13.3. The van der Waals surface area contributed by atoms with Gasteiger partial charge in [0.15, 0.2) is 10.3 Å². The summed E-state index contributed by atoms with van der Waals surface area (Å²) in [5.74, 6) is 1.30. The van der Waals surface area contributed by atoms with Crippen LogP contribution in [-0.4, -0.2) is 10.3 Å². The fourth-order valence-corrected chi connectivity index (χ4v) is 6.88. The Morgan fingerprint density at radius 3 is 1.58 bits per heavy atom. The van der Waals surface area contributed by atoms with Gasteiger partial charge in [-0.05, 0) is 23.3 Å². The molecule has 0 aliphatic rings. The van der Waals surface area contributed by atoms with E-state index in [2.05, 4.69) is 56.1 Å². The maximum absolute atomic E-state index is 7.47. The average molecular weight is 599 g/mol. The zero-order chi connectivity index (χ0) is 18.1. The summed E-state index contributed by atoms with van der Waals surface area (Å²) in [6.07, 6.45) is 0. The van der Waals surface area contributed by atoms with Crippen LogP contribution in [0.25, 0.3) is 20.2 Å². The van der Waals surface area contributed by atoms with Crippen molar-refractivity contribution in [1.29, 1.82) is 10.8 Å². The molecule has 3 aromatic rings. The SMILES string of the molecule is Br.N=C(N)SCc1c(Br)ccc2c1sc1c(CSC(=N)N)c(Br)ccc12. The maximum atomic E-state index is 7.47. The molecular weight excluding hydrogens is 584 g/mol. The summed E-state index contributed by atoms with van der Waals surface area (Å²) in [6.45, 7) is 0. The molecule has 0 spiro atoms. The van der Waals surface area contributed by atoms with Gasteiger partial charge in [0.1, 0.15) is 0 Å². The summed E-state index contributed by atoms with van der Waals surface area (Å²) in [4.78, 5) is 0. The molecule has 0 atom stereocenters. The van der Waals surface area contributed by atoms with Crippen molar-refractivity contribution in [1.82, 2.24) is 0 Å². The number of hydrogen-bond donors (Lipinski definition) is 4. The average Bonchev–Trinajstić information content (AvgIpc) is 2.91. The van der Waals surface area contributed by atoms with E-state index in [9.17, 15) is 0 Å². The van der Waals surface area contributed by atoms with Crippen LogP contribution in [-0.2, 0) is 11.5 Å². The standard InChI is InChI=1S/C16H14Br2N4S3.BrH/c17-11-3-1-7-8-2-4-12(18)10(6-24-16(21)22)14(8)25-13(7)9(11)5-23-15(19)20;/h1-4H,5-6H2,(H3,19,20)(H3,21,22);1H. The smallest absolute Gasteiger partial charge is 0.151 e. The minimum atomic E-state index is 0. The molecule has 1 aromatic heterocycles. The van der Waals surface area contributed by atoms with Crippen molar-refractivity contribution >= 4 is 114 Å². The molecular formula is C16H15Br3N4S3. The summed E-state index contributed by atoms with van der Waals surface area (Å²) in [5, 5.41) is 17.6. The van der Waals surface area contributed by atoms with E-state index in [1.165, 1.54) is 43.7 Å². The second-order valence-corrected chi connectivity index (χ2v) is 9.98. The highest BCUT2D eigenvalue weighted by Crippen LogP contribution is 2.43. The van der Waals surface area contributed by atoms with E-state index in [1.807, 2.05) is 0 Å². The number of halogens is 3. The van der Waals surface area contributed by atoms with E-state index in [1.54, 1.807) is 11.3 Å². The number of hydrogen-bond acceptors (Lipinski definition) is 5. The van der Waals surface area contributed by atoms with Crippen LogP contribution >= 0.6 is 83.7 Å². The lowest BCUT2D eigenvalue weighted by Gasteiger charge is -2.05. The quantitative estimate of drug-likeness (QED) is 0.206. The van der Waals surface area contributed by atoms with Gasteiger partial charge in [-0.2, -0.15) is 0 Å². The van der Waals surface area contributed by atoms with E-state index >= 15 is 0 Å². The van der Waals surface area contributed by atoms with Gasteiger partial charge in [-0.15, -0.1) is 28.3 Å². The highest BCUT2D eigenvalue weighted by molar-refractivity contribution is 9.10. The van der Waals surface area contributed by atoms with Gasteiger partial charge >= 0.3 is 0 Å². The number of fused-ring (bicyclic) bond motifs is 3. The molecule has 0 fully saturated rings. The van der Waals surface area contributed by atoms with Gasteiger partial charge in [0.2, 0.25) is 0 Å². The van der Waals surface area contributed by atoms with Crippen molar-refractivity contribution in [2.45, 2.75) is 11.5 Å². The van der Waals surface area contributed by atoms with Gasteiger partial charge in [0.05, 0.1) is 0 Å². The number of nitrogens with one attached hydrogen (secondary N) is 2. The topological polar surface area (TPSA) is 99.7 Å². The summed E-state index contributed by atoms with van der Waals surface area (Å²) < 4.78 is 4.45. The second-order valence-electron chi connectivity index (χ2n) is 5.21. The third kappa shape index (κ3) is 4.59. The fraction of sp³-hybridized carbons (Fsp3) is 0.125. The Morgan fingerprint density at radius 1 is 0.846 bits per heavy atom. The van der Waals surface area contributed by atoms with Crippen molar-refractivity contribution in [3.8, 4) is 0 Å². The van der Waals surface area contributed by atoms with Crippen LogP contribution in [0.1, 0.15) is 11.1 Å². The van der Waals surface area contributed by atoms with Gasteiger partial charge in [0, 0.05) is 40.6 Å². The number of thioether (sulfide) groups is 2. The molecule has 4 nitrogen and oxygen atoms in total. The van der Waals surface area contributed by atoms with E-state index in [4.69, 9.17) is 22.3 Å². The molecule has 0 saturated carbocycles. The van der Waals surface area contributed by atoms with Crippen molar-refractivity contribution in [2.24, 2.45) is 11.5 Å². The third-order valence-electron chi connectivity index (χ3n) is 3.64. The van der Waals surface area contributed by atoms with Crippen molar-refractivity contribution in [3.63, 3.8) is 0 Å². The molecule has 1 heterocycles. The van der Waals surface area contributed by atoms with Crippen molar-refractivity contribution < 1.29 is 0 Å². The Hall–Kier alpha value is -0.260. The molecule has 138 valence electrons. The largest absolute Gasteiger partial charge is 0.379 e. The Morgan fingerprint density at radius 2 is 1.23 bits per heavy atom. The molecule has 2 aromatic carbocycles. The highest BCUT2D eigenvalue weighted by atomic mass is 79.9. The first-order chi connectivity index (χ1) is 11.9. The van der Waals surface area contributed by atoms with Crippen molar-refractivity contribution in [3.05, 3.63) is 44.3 Å². The number of thiophene rings is 1. The van der Waals surface area contributed by atoms with Crippen molar-refractivity contribution in [2.75, 3.05) is 0 Å². The van der Waals surface area contributed by atoms with Crippen LogP contribution < -0.4 is 11.5 Å². The normalized spacial score (nSPS) is 10.8. The Bertz CT molecular complexity index is 925. The Kier molecular flexibility index (Phi) is 7.87. The predicted molar refractivity (Wildman–Crippen MR) is 131 cm³/mol. The molecule has 0 bridgehead atoms. The van der Waals surface area contributed by atoms with Gasteiger partial charge in [-0.3, -0.25) is 10.8 Å². The van der Waals surface area contributed by atoms with Crippen LogP contribution in [0.4, 0.5) is 0 Å². The molecule has 0 amide bonds. The molecule has 0 aliphatic heterocycles. The van der Waals surface area contributed by atoms with Crippen LogP contribution in [0, 0.1) is 10.8 Å². The lowest BCUT2D eigenvalue weighted by Crippen LogP contribution is -2.03. The lowest BCUT2D eigenvalue weighted by molar-refractivity contribution is 1.44. The molecule has 0 aliphatic carbocycles. The maximum Gasteiger partial charge on any atom is 0.151 e. The number of nitrogens with two attached hydrogens (primary N) is 2. The van der Waals surface area contributed by atoms with E-state index in [0.717, 1.165) is 20.1 Å². The molecule has 0 unspecified atom stereocenters. The van der Waals surface area contributed by atoms with Gasteiger partial charge < -0.3 is 11.5 Å². The van der Waals surface area contributed by atoms with Crippen LogP contribution in [0.5, 0.6) is 0 Å². The molecule has 0 saturated heterocycles. The zero-order valence-corrected chi connectivity index (χ0v) is 20.6. The highest BCUT2D eigenvalue weighted by Gasteiger charge is 2.16. The summed E-state index contributed by atoms with van der Waals surface area (Å²) in [7, 11) is 0. The lowest BCUT2D eigenvalue weighted by atomic mass is 10.1. The minimum Gasteiger partial charge on any atom is -0.379 e. The monoisotopic (exact) mass is 596 g/mol. The van der Waals surface area contributed by atoms with Crippen LogP contribution in [0.15, 0.2) is 33.2 Å². The first kappa shape index (κ1) is 22.0. The number of benzene rings is 2. The fourth-order valence-electron chi connectivity index (χ4n) is 2.54. The van der Waals surface area contributed by atoms with E-state index in [0.29, 0.717) is 11.5 Å². The molecule has 26 heavy (non-hydrogen) atoms. The van der Waals surface area contributed by atoms with Gasteiger partial charge in [-0.1, -0.05) is 67.5 Å². The summed E-state index contributed by atoms with van der Waals surface area (Å²) in [5.41, 5.74) is 13.3. The van der Waals surface area contributed by atoms with Crippen LogP contribution in [0.3, 0.4) is 0 Å².